The molecule has 0 spiro atoms. The summed E-state index contributed by atoms with van der Waals surface area (Å²) < 4.78 is 0. The molecule has 0 aromatic heterocycles. The van der Waals surface area contributed by atoms with Crippen LogP contribution in [0.5, 0.6) is 0 Å². The summed E-state index contributed by atoms with van der Waals surface area (Å²) in [5.41, 5.74) is 9.58. The number of nitrogens with zero attached hydrogens (tertiary/aromatic N) is 2. The van der Waals surface area contributed by atoms with Crippen LogP contribution in [-0.4, -0.2) is 26.6 Å². The zero-order valence-corrected chi connectivity index (χ0v) is 16.7. The highest BCUT2D eigenvalue weighted by molar-refractivity contribution is 14.0. The van der Waals surface area contributed by atoms with Gasteiger partial charge < -0.3 is 16.0 Å². The van der Waals surface area contributed by atoms with E-state index in [2.05, 4.69) is 47.3 Å². The number of hydrogen-bond donors (Lipinski definition) is 2. The Kier molecular flexibility index (Phi) is 11.1. The Bertz CT molecular complexity index is 458. The molecule has 0 unspecified atom stereocenters. The highest BCUT2D eigenvalue weighted by Crippen LogP contribution is 2.17. The number of halogens is 1. The van der Waals surface area contributed by atoms with Gasteiger partial charge in [-0.15, -0.1) is 24.0 Å². The molecule has 0 saturated heterocycles. The van der Waals surface area contributed by atoms with Crippen molar-refractivity contribution in [1.29, 1.82) is 0 Å². The third-order valence-electron chi connectivity index (χ3n) is 3.60. The minimum absolute atomic E-state index is 0. The first-order valence-corrected chi connectivity index (χ1v) is 7.85. The van der Waals surface area contributed by atoms with E-state index >= 15 is 0 Å². The number of aliphatic imine (C=N–C) groups is 1. The van der Waals surface area contributed by atoms with Gasteiger partial charge in [-0.2, -0.15) is 0 Å². The van der Waals surface area contributed by atoms with Crippen molar-refractivity contribution >= 4 is 35.6 Å². The molecule has 5 heteroatoms. The summed E-state index contributed by atoms with van der Waals surface area (Å²) in [6.07, 6.45) is 4.95. The predicted molar refractivity (Wildman–Crippen MR) is 108 cm³/mol. The van der Waals surface area contributed by atoms with E-state index in [1.54, 1.807) is 0 Å². The van der Waals surface area contributed by atoms with Crippen LogP contribution in [0.25, 0.3) is 0 Å². The summed E-state index contributed by atoms with van der Waals surface area (Å²) in [4.78, 5) is 6.52. The Morgan fingerprint density at radius 2 is 1.95 bits per heavy atom. The van der Waals surface area contributed by atoms with E-state index in [1.165, 1.54) is 36.1 Å². The van der Waals surface area contributed by atoms with Gasteiger partial charge in [-0.25, -0.2) is 4.99 Å². The SMILES string of the molecule is CCCCCCNC(N)=NCc1ccc(N(C)C)cc1C.I. The molecular formula is C17H31IN4. The molecule has 126 valence electrons. The second-order valence-electron chi connectivity index (χ2n) is 5.69. The molecule has 0 amide bonds. The molecule has 1 aromatic carbocycles. The van der Waals surface area contributed by atoms with Gasteiger partial charge in [0.05, 0.1) is 6.54 Å². The average Bonchev–Trinajstić information content (AvgIpc) is 2.45. The van der Waals surface area contributed by atoms with Gasteiger partial charge in [0.1, 0.15) is 0 Å². The molecule has 4 nitrogen and oxygen atoms in total. The first-order valence-electron chi connectivity index (χ1n) is 7.85. The Morgan fingerprint density at radius 1 is 1.23 bits per heavy atom. The van der Waals surface area contributed by atoms with Gasteiger partial charge in [-0.3, -0.25) is 0 Å². The third-order valence-corrected chi connectivity index (χ3v) is 3.60. The van der Waals surface area contributed by atoms with Crippen LogP contribution < -0.4 is 16.0 Å². The van der Waals surface area contributed by atoms with Gasteiger partial charge in [-0.05, 0) is 36.6 Å². The lowest BCUT2D eigenvalue weighted by atomic mass is 10.1. The molecule has 0 aliphatic heterocycles. The zero-order valence-electron chi connectivity index (χ0n) is 14.4. The number of guanidine groups is 1. The number of nitrogens with one attached hydrogen (secondary N) is 1. The average molecular weight is 418 g/mol. The largest absolute Gasteiger partial charge is 0.378 e. The van der Waals surface area contributed by atoms with E-state index < -0.39 is 0 Å². The molecule has 0 heterocycles. The molecule has 22 heavy (non-hydrogen) atoms. The lowest BCUT2D eigenvalue weighted by molar-refractivity contribution is 0.652. The Morgan fingerprint density at radius 3 is 2.55 bits per heavy atom. The predicted octanol–water partition coefficient (Wildman–Crippen LogP) is 3.66. The van der Waals surface area contributed by atoms with Crippen LogP contribution in [0.2, 0.25) is 0 Å². The topological polar surface area (TPSA) is 53.6 Å². The van der Waals surface area contributed by atoms with E-state index in [0.717, 1.165) is 13.0 Å². The van der Waals surface area contributed by atoms with Crippen LogP contribution in [0.15, 0.2) is 23.2 Å². The summed E-state index contributed by atoms with van der Waals surface area (Å²) in [7, 11) is 4.10. The zero-order chi connectivity index (χ0) is 15.7. The van der Waals surface area contributed by atoms with Gasteiger partial charge in [0.15, 0.2) is 5.96 Å². The van der Waals surface area contributed by atoms with E-state index in [9.17, 15) is 0 Å². The van der Waals surface area contributed by atoms with Crippen molar-refractivity contribution in [3.8, 4) is 0 Å². The van der Waals surface area contributed by atoms with E-state index in [1.807, 2.05) is 14.1 Å². The van der Waals surface area contributed by atoms with Crippen LogP contribution in [0, 0.1) is 6.92 Å². The maximum absolute atomic E-state index is 5.90. The molecule has 1 aromatic rings. The van der Waals surface area contributed by atoms with Gasteiger partial charge in [0, 0.05) is 26.3 Å². The number of hydrogen-bond acceptors (Lipinski definition) is 2. The summed E-state index contributed by atoms with van der Waals surface area (Å²) in [5.74, 6) is 0.544. The Hall–Kier alpha value is -0.980. The summed E-state index contributed by atoms with van der Waals surface area (Å²) >= 11 is 0. The van der Waals surface area contributed by atoms with Crippen LogP contribution in [0.4, 0.5) is 5.69 Å². The highest BCUT2D eigenvalue weighted by atomic mass is 127. The lowest BCUT2D eigenvalue weighted by Crippen LogP contribution is -2.32. The van der Waals surface area contributed by atoms with Crippen molar-refractivity contribution in [3.05, 3.63) is 29.3 Å². The van der Waals surface area contributed by atoms with Crippen molar-refractivity contribution < 1.29 is 0 Å². The summed E-state index contributed by atoms with van der Waals surface area (Å²) in [6, 6.07) is 6.42. The molecule has 0 fully saturated rings. The maximum atomic E-state index is 5.90. The van der Waals surface area contributed by atoms with Crippen LogP contribution in [-0.2, 0) is 6.54 Å². The fourth-order valence-corrected chi connectivity index (χ4v) is 2.13. The second-order valence-corrected chi connectivity index (χ2v) is 5.69. The van der Waals surface area contributed by atoms with Crippen LogP contribution in [0.3, 0.4) is 0 Å². The first-order chi connectivity index (χ1) is 10.0. The highest BCUT2D eigenvalue weighted by Gasteiger charge is 2.01. The maximum Gasteiger partial charge on any atom is 0.188 e. The normalized spacial score (nSPS) is 11.0. The number of anilines is 1. The molecule has 0 atom stereocenters. The fraction of sp³-hybridized carbons (Fsp3) is 0.588. The Balaban J connectivity index is 0.00000441. The molecule has 1 rings (SSSR count). The number of aryl methyl sites for hydroxylation is 1. The van der Waals surface area contributed by atoms with Crippen molar-refractivity contribution in [2.75, 3.05) is 25.5 Å². The summed E-state index contributed by atoms with van der Waals surface area (Å²) in [5, 5.41) is 3.18. The van der Waals surface area contributed by atoms with Gasteiger partial charge >= 0.3 is 0 Å². The molecule has 0 radical (unpaired) electrons. The van der Waals surface area contributed by atoms with Gasteiger partial charge in [-0.1, -0.05) is 32.3 Å². The molecule has 0 saturated carbocycles. The van der Waals surface area contributed by atoms with Crippen molar-refractivity contribution in [1.82, 2.24) is 5.32 Å². The smallest absolute Gasteiger partial charge is 0.188 e. The van der Waals surface area contributed by atoms with Crippen molar-refractivity contribution in [2.24, 2.45) is 10.7 Å². The fourth-order valence-electron chi connectivity index (χ4n) is 2.13. The van der Waals surface area contributed by atoms with Crippen molar-refractivity contribution in [3.63, 3.8) is 0 Å². The van der Waals surface area contributed by atoms with E-state index in [4.69, 9.17) is 5.73 Å². The minimum atomic E-state index is 0. The molecule has 0 bridgehead atoms. The van der Waals surface area contributed by atoms with Crippen molar-refractivity contribution in [2.45, 2.75) is 46.1 Å². The van der Waals surface area contributed by atoms with Gasteiger partial charge in [0.2, 0.25) is 0 Å². The molecular weight excluding hydrogens is 387 g/mol. The number of unbranched alkanes of at least 4 members (excludes halogenated alkanes) is 3. The third kappa shape index (κ3) is 7.87. The quantitative estimate of drug-likeness (QED) is 0.293. The van der Waals surface area contributed by atoms with Crippen LogP contribution in [0.1, 0.15) is 43.7 Å². The lowest BCUT2D eigenvalue weighted by Gasteiger charge is -2.14. The standard InChI is InChI=1S/C17H30N4.HI/c1-5-6-7-8-11-19-17(18)20-13-15-9-10-16(21(3)4)12-14(15)2;/h9-10,12H,5-8,11,13H2,1-4H3,(H3,18,19,20);1H. The van der Waals surface area contributed by atoms with Crippen LogP contribution >= 0.6 is 24.0 Å². The second kappa shape index (κ2) is 11.6. The number of nitrogens with two attached hydrogens (primary N) is 1. The monoisotopic (exact) mass is 418 g/mol. The minimum Gasteiger partial charge on any atom is -0.378 e. The molecule has 0 aliphatic rings. The summed E-state index contributed by atoms with van der Waals surface area (Å²) in [6.45, 7) is 5.88. The first kappa shape index (κ1) is 21.0. The van der Waals surface area contributed by atoms with E-state index in [0.29, 0.717) is 12.5 Å². The Labute approximate surface area is 152 Å². The number of benzene rings is 1. The molecule has 3 N–H and O–H groups in total. The van der Waals surface area contributed by atoms with E-state index in [-0.39, 0.29) is 24.0 Å². The molecule has 0 aliphatic carbocycles. The number of rotatable bonds is 8. The van der Waals surface area contributed by atoms with Gasteiger partial charge in [0.25, 0.3) is 0 Å².